The van der Waals surface area contributed by atoms with Crippen LogP contribution in [-0.2, 0) is 4.79 Å². The van der Waals surface area contributed by atoms with Crippen LogP contribution >= 0.6 is 0 Å². The molecular formula is C18H34N2O. The lowest BCUT2D eigenvalue weighted by molar-refractivity contribution is -0.122. The van der Waals surface area contributed by atoms with E-state index < -0.39 is 0 Å². The molecule has 1 heterocycles. The zero-order valence-electron chi connectivity index (χ0n) is 14.0. The second-order valence-electron chi connectivity index (χ2n) is 7.57. The van der Waals surface area contributed by atoms with Gasteiger partial charge in [-0.2, -0.15) is 0 Å². The van der Waals surface area contributed by atoms with Crippen LogP contribution in [0.1, 0.15) is 71.6 Å². The molecule has 21 heavy (non-hydrogen) atoms. The topological polar surface area (TPSA) is 41.1 Å². The molecule has 3 nitrogen and oxygen atoms in total. The summed E-state index contributed by atoms with van der Waals surface area (Å²) in [6, 6.07) is 0.462. The van der Waals surface area contributed by atoms with Crippen molar-refractivity contribution in [1.29, 1.82) is 0 Å². The maximum absolute atomic E-state index is 12.2. The van der Waals surface area contributed by atoms with Crippen LogP contribution in [0.3, 0.4) is 0 Å². The van der Waals surface area contributed by atoms with E-state index in [1.807, 2.05) is 0 Å². The van der Waals surface area contributed by atoms with Crippen LogP contribution in [0.2, 0.25) is 0 Å². The molecule has 2 rings (SSSR count). The number of amides is 1. The molecule has 0 aromatic carbocycles. The minimum Gasteiger partial charge on any atom is -0.353 e. The maximum Gasteiger partial charge on any atom is 0.220 e. The van der Waals surface area contributed by atoms with Gasteiger partial charge >= 0.3 is 0 Å². The zero-order valence-corrected chi connectivity index (χ0v) is 14.0. The normalized spacial score (nSPS) is 27.2. The molecule has 0 aromatic rings. The molecule has 122 valence electrons. The summed E-state index contributed by atoms with van der Waals surface area (Å²) in [5.74, 6) is 2.57. The molecular weight excluding hydrogens is 260 g/mol. The average molecular weight is 294 g/mol. The minimum atomic E-state index is 0.301. The molecule has 1 aliphatic carbocycles. The summed E-state index contributed by atoms with van der Waals surface area (Å²) in [6.45, 7) is 6.85. The second kappa shape index (κ2) is 8.77. The van der Waals surface area contributed by atoms with E-state index in [2.05, 4.69) is 24.5 Å². The van der Waals surface area contributed by atoms with E-state index in [0.717, 1.165) is 43.7 Å². The van der Waals surface area contributed by atoms with Crippen LogP contribution in [0.5, 0.6) is 0 Å². The molecule has 2 fully saturated rings. The Hall–Kier alpha value is -0.570. The molecule has 2 N–H and O–H groups in total. The molecule has 0 radical (unpaired) electrons. The lowest BCUT2D eigenvalue weighted by Gasteiger charge is -2.24. The van der Waals surface area contributed by atoms with E-state index in [0.29, 0.717) is 11.9 Å². The second-order valence-corrected chi connectivity index (χ2v) is 7.57. The molecule has 1 aliphatic heterocycles. The Morgan fingerprint density at radius 2 is 1.90 bits per heavy atom. The van der Waals surface area contributed by atoms with Gasteiger partial charge in [0.05, 0.1) is 0 Å². The van der Waals surface area contributed by atoms with Gasteiger partial charge < -0.3 is 10.6 Å². The van der Waals surface area contributed by atoms with E-state index >= 15 is 0 Å². The zero-order chi connectivity index (χ0) is 15.1. The van der Waals surface area contributed by atoms with Crippen LogP contribution in [0.25, 0.3) is 0 Å². The molecule has 2 atom stereocenters. The first-order valence-electron chi connectivity index (χ1n) is 9.15. The quantitative estimate of drug-likeness (QED) is 0.754. The SMILES string of the molecule is CC(C)CCC1CCCC1NC(=O)CCC1CCNCC1. The summed E-state index contributed by atoms with van der Waals surface area (Å²) in [5.41, 5.74) is 0. The smallest absolute Gasteiger partial charge is 0.220 e. The van der Waals surface area contributed by atoms with Gasteiger partial charge in [-0.1, -0.05) is 26.7 Å². The van der Waals surface area contributed by atoms with Gasteiger partial charge in [0, 0.05) is 12.5 Å². The molecule has 0 aromatic heterocycles. The molecule has 0 bridgehead atoms. The maximum atomic E-state index is 12.2. The lowest BCUT2D eigenvalue weighted by atomic mass is 9.92. The minimum absolute atomic E-state index is 0.301. The highest BCUT2D eigenvalue weighted by Crippen LogP contribution is 2.30. The van der Waals surface area contributed by atoms with Gasteiger partial charge in [-0.15, -0.1) is 0 Å². The first-order chi connectivity index (χ1) is 10.1. The molecule has 3 heteroatoms. The summed E-state index contributed by atoms with van der Waals surface area (Å²) in [6.07, 6.45) is 10.7. The van der Waals surface area contributed by atoms with Crippen molar-refractivity contribution >= 4 is 5.91 Å². The van der Waals surface area contributed by atoms with Crippen molar-refractivity contribution in [2.75, 3.05) is 13.1 Å². The standard InChI is InChI=1S/C18H34N2O/c1-14(2)6-8-16-4-3-5-17(16)20-18(21)9-7-15-10-12-19-13-11-15/h14-17,19H,3-13H2,1-2H3,(H,20,21). The first-order valence-corrected chi connectivity index (χ1v) is 9.15. The predicted molar refractivity (Wildman–Crippen MR) is 88.2 cm³/mol. The number of nitrogens with one attached hydrogen (secondary N) is 2. The van der Waals surface area contributed by atoms with Crippen LogP contribution in [-0.4, -0.2) is 25.0 Å². The van der Waals surface area contributed by atoms with Crippen LogP contribution in [0.4, 0.5) is 0 Å². The number of hydrogen-bond donors (Lipinski definition) is 2. The number of rotatable bonds is 7. The fourth-order valence-corrected chi connectivity index (χ4v) is 3.90. The number of hydrogen-bond acceptors (Lipinski definition) is 2. The van der Waals surface area contributed by atoms with E-state index in [-0.39, 0.29) is 0 Å². The van der Waals surface area contributed by atoms with Gasteiger partial charge in [0.2, 0.25) is 5.91 Å². The van der Waals surface area contributed by atoms with Gasteiger partial charge in [-0.3, -0.25) is 4.79 Å². The Morgan fingerprint density at radius 1 is 1.14 bits per heavy atom. The van der Waals surface area contributed by atoms with Crippen molar-refractivity contribution in [3.63, 3.8) is 0 Å². The van der Waals surface area contributed by atoms with E-state index in [1.165, 1.54) is 44.9 Å². The number of carbonyl (C=O) groups excluding carboxylic acids is 1. The lowest BCUT2D eigenvalue weighted by Crippen LogP contribution is -2.37. The fourth-order valence-electron chi connectivity index (χ4n) is 3.90. The highest BCUT2D eigenvalue weighted by molar-refractivity contribution is 5.76. The molecule has 0 spiro atoms. The first kappa shape index (κ1) is 16.8. The Kier molecular flexibility index (Phi) is 7.01. The Morgan fingerprint density at radius 3 is 2.62 bits per heavy atom. The summed E-state index contributed by atoms with van der Waals surface area (Å²) in [4.78, 5) is 12.2. The van der Waals surface area contributed by atoms with Crippen molar-refractivity contribution < 1.29 is 4.79 Å². The van der Waals surface area contributed by atoms with Gasteiger partial charge in [-0.05, 0) is 69.4 Å². The fraction of sp³-hybridized carbons (Fsp3) is 0.944. The van der Waals surface area contributed by atoms with E-state index in [1.54, 1.807) is 0 Å². The van der Waals surface area contributed by atoms with Crippen molar-refractivity contribution in [2.24, 2.45) is 17.8 Å². The van der Waals surface area contributed by atoms with Crippen LogP contribution in [0.15, 0.2) is 0 Å². The van der Waals surface area contributed by atoms with E-state index in [4.69, 9.17) is 0 Å². The van der Waals surface area contributed by atoms with Crippen molar-refractivity contribution in [1.82, 2.24) is 10.6 Å². The Labute approximate surface area is 130 Å². The Bertz CT molecular complexity index is 310. The third-order valence-corrected chi connectivity index (χ3v) is 5.36. The average Bonchev–Trinajstić information content (AvgIpc) is 2.91. The number of carbonyl (C=O) groups is 1. The summed E-state index contributed by atoms with van der Waals surface area (Å²) in [5, 5.41) is 6.73. The summed E-state index contributed by atoms with van der Waals surface area (Å²) < 4.78 is 0. The third kappa shape index (κ3) is 5.98. The number of piperidine rings is 1. The summed E-state index contributed by atoms with van der Waals surface area (Å²) in [7, 11) is 0. The largest absolute Gasteiger partial charge is 0.353 e. The van der Waals surface area contributed by atoms with Crippen LogP contribution < -0.4 is 10.6 Å². The van der Waals surface area contributed by atoms with Crippen molar-refractivity contribution in [3.05, 3.63) is 0 Å². The van der Waals surface area contributed by atoms with Crippen molar-refractivity contribution in [3.8, 4) is 0 Å². The van der Waals surface area contributed by atoms with Gasteiger partial charge in [0.25, 0.3) is 0 Å². The Balaban J connectivity index is 1.65. The van der Waals surface area contributed by atoms with Crippen molar-refractivity contribution in [2.45, 2.75) is 77.7 Å². The highest BCUT2D eigenvalue weighted by Gasteiger charge is 2.28. The molecule has 1 saturated heterocycles. The summed E-state index contributed by atoms with van der Waals surface area (Å²) >= 11 is 0. The molecule has 2 unspecified atom stereocenters. The molecule has 2 aliphatic rings. The molecule has 1 saturated carbocycles. The predicted octanol–water partition coefficient (Wildman–Crippen LogP) is 3.49. The van der Waals surface area contributed by atoms with Gasteiger partial charge in [0.1, 0.15) is 0 Å². The van der Waals surface area contributed by atoms with Gasteiger partial charge in [-0.25, -0.2) is 0 Å². The third-order valence-electron chi connectivity index (χ3n) is 5.36. The monoisotopic (exact) mass is 294 g/mol. The van der Waals surface area contributed by atoms with E-state index in [9.17, 15) is 4.79 Å². The molecule has 1 amide bonds. The van der Waals surface area contributed by atoms with Gasteiger partial charge in [0.15, 0.2) is 0 Å². The van der Waals surface area contributed by atoms with Crippen LogP contribution in [0, 0.1) is 17.8 Å². The highest BCUT2D eigenvalue weighted by atomic mass is 16.1.